The summed E-state index contributed by atoms with van der Waals surface area (Å²) in [5, 5.41) is 3.52. The number of pyridine rings is 1. The predicted octanol–water partition coefficient (Wildman–Crippen LogP) is 1.42. The van der Waals surface area contributed by atoms with Crippen molar-refractivity contribution in [3.8, 4) is 0 Å². The van der Waals surface area contributed by atoms with Gasteiger partial charge in [0.05, 0.1) is 5.52 Å². The Morgan fingerprint density at radius 1 is 1.31 bits per heavy atom. The number of hydrogen-bond donors (Lipinski definition) is 1. The van der Waals surface area contributed by atoms with Crippen molar-refractivity contribution in [2.75, 3.05) is 5.32 Å². The summed E-state index contributed by atoms with van der Waals surface area (Å²) in [5.41, 5.74) is 2.27. The van der Waals surface area contributed by atoms with E-state index >= 15 is 0 Å². The van der Waals surface area contributed by atoms with E-state index in [2.05, 4.69) is 5.32 Å². The summed E-state index contributed by atoms with van der Waals surface area (Å²) in [6.45, 7) is 1.78. The number of carbonyl (C=O) groups excluding carboxylic acids is 1. The highest BCUT2D eigenvalue weighted by atomic mass is 16.1. The smallest absolute Gasteiger partial charge is 0.253 e. The Labute approximate surface area is 92.5 Å². The van der Waals surface area contributed by atoms with Crippen molar-refractivity contribution in [2.45, 2.75) is 6.92 Å². The van der Waals surface area contributed by atoms with E-state index in [0.29, 0.717) is 12.0 Å². The number of aryl methyl sites for hydroxylation is 2. The number of rotatable bonds is 2. The molecule has 1 amide bonds. The van der Waals surface area contributed by atoms with Gasteiger partial charge in [0.25, 0.3) is 5.56 Å². The number of nitrogens with zero attached hydrogens (tertiary/aromatic N) is 1. The van der Waals surface area contributed by atoms with Crippen LogP contribution >= 0.6 is 0 Å². The quantitative estimate of drug-likeness (QED) is 0.772. The third kappa shape index (κ3) is 1.58. The summed E-state index contributed by atoms with van der Waals surface area (Å²) in [6.07, 6.45) is 0.635. The van der Waals surface area contributed by atoms with Gasteiger partial charge in [-0.3, -0.25) is 9.59 Å². The Bertz CT molecular complexity index is 614. The Morgan fingerprint density at radius 2 is 2.06 bits per heavy atom. The van der Waals surface area contributed by atoms with Crippen LogP contribution in [0.2, 0.25) is 0 Å². The van der Waals surface area contributed by atoms with Crippen molar-refractivity contribution in [1.82, 2.24) is 4.57 Å². The van der Waals surface area contributed by atoms with Crippen LogP contribution in [0.5, 0.6) is 0 Å². The fraction of sp³-hybridized carbons (Fsp3) is 0.167. The number of hydrogen-bond acceptors (Lipinski definition) is 2. The van der Waals surface area contributed by atoms with Crippen molar-refractivity contribution >= 4 is 23.0 Å². The minimum Gasteiger partial charge on any atom is -0.329 e. The molecular weight excluding hydrogens is 204 g/mol. The van der Waals surface area contributed by atoms with Gasteiger partial charge in [0.1, 0.15) is 0 Å². The molecule has 0 spiro atoms. The van der Waals surface area contributed by atoms with Crippen LogP contribution in [0.15, 0.2) is 29.1 Å². The fourth-order valence-electron chi connectivity index (χ4n) is 1.80. The van der Waals surface area contributed by atoms with Crippen molar-refractivity contribution in [3.63, 3.8) is 0 Å². The molecule has 1 heterocycles. The molecule has 4 nitrogen and oxygen atoms in total. The second kappa shape index (κ2) is 3.81. The molecule has 0 aliphatic rings. The lowest BCUT2D eigenvalue weighted by molar-refractivity contribution is -0.105. The lowest BCUT2D eigenvalue weighted by atomic mass is 10.1. The highest BCUT2D eigenvalue weighted by Gasteiger charge is 2.03. The van der Waals surface area contributed by atoms with E-state index in [1.807, 2.05) is 18.2 Å². The van der Waals surface area contributed by atoms with Crippen LogP contribution < -0.4 is 10.9 Å². The van der Waals surface area contributed by atoms with Gasteiger partial charge in [-0.1, -0.05) is 0 Å². The first-order valence-corrected chi connectivity index (χ1v) is 4.94. The number of amides is 1. The molecule has 0 saturated carbocycles. The Balaban J connectivity index is 2.75. The number of aromatic nitrogens is 1. The Hall–Kier alpha value is -2.10. The van der Waals surface area contributed by atoms with Crippen LogP contribution in [-0.4, -0.2) is 11.0 Å². The maximum atomic E-state index is 11.7. The largest absolute Gasteiger partial charge is 0.329 e. The first-order valence-electron chi connectivity index (χ1n) is 4.94. The van der Waals surface area contributed by atoms with Crippen LogP contribution in [-0.2, 0) is 11.8 Å². The van der Waals surface area contributed by atoms with Gasteiger partial charge in [-0.25, -0.2) is 0 Å². The molecule has 1 N–H and O–H groups in total. The number of fused-ring (bicyclic) bond motifs is 1. The standard InChI is InChI=1S/C12H12N2O2/c1-8-5-9-6-10(13-7-15)3-4-11(9)14(2)12(8)16/h3-7H,1-2H3,(H,13,15). The van der Waals surface area contributed by atoms with E-state index in [9.17, 15) is 9.59 Å². The first-order chi connectivity index (χ1) is 7.63. The van der Waals surface area contributed by atoms with E-state index in [4.69, 9.17) is 0 Å². The summed E-state index contributed by atoms with van der Waals surface area (Å²) in [4.78, 5) is 22.0. The fourth-order valence-corrected chi connectivity index (χ4v) is 1.80. The van der Waals surface area contributed by atoms with E-state index in [1.165, 1.54) is 0 Å². The number of nitrogens with one attached hydrogen (secondary N) is 1. The molecule has 0 unspecified atom stereocenters. The maximum absolute atomic E-state index is 11.7. The maximum Gasteiger partial charge on any atom is 0.253 e. The monoisotopic (exact) mass is 216 g/mol. The molecule has 0 fully saturated rings. The van der Waals surface area contributed by atoms with Crippen LogP contribution in [0.4, 0.5) is 5.69 Å². The van der Waals surface area contributed by atoms with Gasteiger partial charge in [-0.2, -0.15) is 0 Å². The molecule has 0 radical (unpaired) electrons. The van der Waals surface area contributed by atoms with E-state index in [1.54, 1.807) is 24.6 Å². The molecule has 16 heavy (non-hydrogen) atoms. The molecule has 0 atom stereocenters. The molecule has 0 aliphatic carbocycles. The Morgan fingerprint density at radius 3 is 2.75 bits per heavy atom. The highest BCUT2D eigenvalue weighted by molar-refractivity contribution is 5.86. The zero-order chi connectivity index (χ0) is 11.7. The average molecular weight is 216 g/mol. The normalized spacial score (nSPS) is 10.4. The molecule has 1 aromatic carbocycles. The van der Waals surface area contributed by atoms with Gasteiger partial charge in [0, 0.05) is 23.7 Å². The van der Waals surface area contributed by atoms with Crippen LogP contribution in [0.1, 0.15) is 5.56 Å². The topological polar surface area (TPSA) is 51.1 Å². The molecule has 2 rings (SSSR count). The van der Waals surface area contributed by atoms with Crippen molar-refractivity contribution in [3.05, 3.63) is 40.2 Å². The molecule has 0 bridgehead atoms. The molecule has 82 valence electrons. The third-order valence-electron chi connectivity index (χ3n) is 2.63. The van der Waals surface area contributed by atoms with Gasteiger partial charge < -0.3 is 9.88 Å². The number of anilines is 1. The van der Waals surface area contributed by atoms with Gasteiger partial charge >= 0.3 is 0 Å². The predicted molar refractivity (Wildman–Crippen MR) is 63.6 cm³/mol. The Kier molecular flexibility index (Phi) is 2.48. The second-order valence-corrected chi connectivity index (χ2v) is 3.73. The lowest BCUT2D eigenvalue weighted by Gasteiger charge is -2.07. The molecule has 0 aliphatic heterocycles. The summed E-state index contributed by atoms with van der Waals surface area (Å²) >= 11 is 0. The van der Waals surface area contributed by atoms with E-state index < -0.39 is 0 Å². The SMILES string of the molecule is Cc1cc2cc(NC=O)ccc2n(C)c1=O. The molecule has 2 aromatic rings. The minimum atomic E-state index is 0.00333. The zero-order valence-electron chi connectivity index (χ0n) is 9.15. The highest BCUT2D eigenvalue weighted by Crippen LogP contribution is 2.17. The van der Waals surface area contributed by atoms with Gasteiger partial charge in [0.2, 0.25) is 6.41 Å². The number of carbonyl (C=O) groups is 1. The van der Waals surface area contributed by atoms with Crippen molar-refractivity contribution in [1.29, 1.82) is 0 Å². The van der Waals surface area contributed by atoms with Crippen molar-refractivity contribution in [2.24, 2.45) is 7.05 Å². The van der Waals surface area contributed by atoms with Crippen LogP contribution in [0, 0.1) is 6.92 Å². The number of benzene rings is 1. The van der Waals surface area contributed by atoms with Gasteiger partial charge in [-0.05, 0) is 31.2 Å². The molecule has 4 heteroatoms. The molecule has 0 saturated heterocycles. The second-order valence-electron chi connectivity index (χ2n) is 3.73. The summed E-state index contributed by atoms with van der Waals surface area (Å²) < 4.78 is 1.61. The van der Waals surface area contributed by atoms with Crippen LogP contribution in [0.3, 0.4) is 0 Å². The summed E-state index contributed by atoms with van der Waals surface area (Å²) in [5.74, 6) is 0. The minimum absolute atomic E-state index is 0.00333. The summed E-state index contributed by atoms with van der Waals surface area (Å²) in [7, 11) is 1.74. The third-order valence-corrected chi connectivity index (χ3v) is 2.63. The first kappa shape index (κ1) is 10.4. The van der Waals surface area contributed by atoms with E-state index in [-0.39, 0.29) is 5.56 Å². The zero-order valence-corrected chi connectivity index (χ0v) is 9.15. The molecule has 1 aromatic heterocycles. The van der Waals surface area contributed by atoms with Crippen LogP contribution in [0.25, 0.3) is 10.9 Å². The average Bonchev–Trinajstić information content (AvgIpc) is 2.26. The molecular formula is C12H12N2O2. The van der Waals surface area contributed by atoms with E-state index in [0.717, 1.165) is 16.6 Å². The van der Waals surface area contributed by atoms with Crippen molar-refractivity contribution < 1.29 is 4.79 Å². The lowest BCUT2D eigenvalue weighted by Crippen LogP contribution is -2.19. The summed E-state index contributed by atoms with van der Waals surface area (Å²) in [6, 6.07) is 7.26. The van der Waals surface area contributed by atoms with Gasteiger partial charge in [0.15, 0.2) is 0 Å². The van der Waals surface area contributed by atoms with Gasteiger partial charge in [-0.15, -0.1) is 0 Å².